The van der Waals surface area contributed by atoms with Crippen LogP contribution in [0.1, 0.15) is 44.1 Å². The number of hydrogen-bond donors (Lipinski definition) is 1. The monoisotopic (exact) mass is 529 g/mol. The van der Waals surface area contributed by atoms with Gasteiger partial charge in [-0.2, -0.15) is 8.78 Å². The van der Waals surface area contributed by atoms with E-state index in [4.69, 9.17) is 4.42 Å². The Balaban J connectivity index is 1.26. The summed E-state index contributed by atoms with van der Waals surface area (Å²) in [6.07, 6.45) is 1.82. The van der Waals surface area contributed by atoms with E-state index < -0.39 is 24.0 Å². The summed E-state index contributed by atoms with van der Waals surface area (Å²) >= 11 is 0. The van der Waals surface area contributed by atoms with Crippen molar-refractivity contribution in [3.05, 3.63) is 65.7 Å². The molecule has 2 aromatic carbocycles. The molecule has 3 heterocycles. The first kappa shape index (κ1) is 25.8. The Labute approximate surface area is 216 Å². The molecule has 0 atom stereocenters. The number of benzene rings is 2. The van der Waals surface area contributed by atoms with Gasteiger partial charge in [0, 0.05) is 41.5 Å². The highest BCUT2D eigenvalue weighted by Crippen LogP contribution is 2.27. The molecule has 0 saturated carbocycles. The van der Waals surface area contributed by atoms with Gasteiger partial charge in [-0.3, -0.25) is 0 Å². The Hall–Kier alpha value is -3.80. The number of alkyl halides is 2. The zero-order valence-electron chi connectivity index (χ0n) is 20.7. The molecule has 200 valence electrons. The Kier molecular flexibility index (Phi) is 7.68. The molecule has 0 aliphatic carbocycles. The highest BCUT2D eigenvalue weighted by atomic mass is 19.3. The molecule has 0 bridgehead atoms. The number of likely N-dealkylation sites (tertiary alicyclic amines) is 1. The van der Waals surface area contributed by atoms with Crippen molar-refractivity contribution in [2.24, 2.45) is 0 Å². The lowest BCUT2D eigenvalue weighted by Crippen LogP contribution is -2.39. The summed E-state index contributed by atoms with van der Waals surface area (Å²) in [7, 11) is 0. The number of piperidine rings is 1. The molecule has 5 rings (SSSR count). The van der Waals surface area contributed by atoms with E-state index in [1.165, 1.54) is 22.9 Å². The smallest absolute Gasteiger partial charge is 0.314 e. The summed E-state index contributed by atoms with van der Waals surface area (Å²) in [5, 5.41) is 18.4. The second-order valence-corrected chi connectivity index (χ2v) is 9.31. The lowest BCUT2D eigenvalue weighted by Gasteiger charge is -2.32. The molecule has 1 aliphatic heterocycles. The number of nitrogens with one attached hydrogen (secondary N) is 1. The molecule has 0 unspecified atom stereocenters. The third kappa shape index (κ3) is 5.85. The van der Waals surface area contributed by atoms with Gasteiger partial charge in [-0.1, -0.05) is 18.2 Å². The fourth-order valence-electron chi connectivity index (χ4n) is 4.59. The minimum Gasteiger partial charge on any atom is -0.415 e. The highest BCUT2D eigenvalue weighted by Gasteiger charge is 2.20. The Bertz CT molecular complexity index is 1380. The Morgan fingerprint density at radius 1 is 1.03 bits per heavy atom. The van der Waals surface area contributed by atoms with Crippen LogP contribution in [0, 0.1) is 11.6 Å². The number of anilines is 1. The van der Waals surface area contributed by atoms with Crippen LogP contribution in [0.25, 0.3) is 22.7 Å². The average molecular weight is 530 g/mol. The quantitative estimate of drug-likeness (QED) is 0.285. The number of aromatic nitrogens is 5. The maximum absolute atomic E-state index is 14.8. The van der Waals surface area contributed by atoms with Gasteiger partial charge in [-0.05, 0) is 56.1 Å². The summed E-state index contributed by atoms with van der Waals surface area (Å²) in [5.41, 5.74) is 1.87. The molecule has 8 nitrogen and oxygen atoms in total. The molecule has 1 fully saturated rings. The van der Waals surface area contributed by atoms with Gasteiger partial charge < -0.3 is 14.6 Å². The number of halogens is 4. The third-order valence-electron chi connectivity index (χ3n) is 6.54. The normalized spacial score (nSPS) is 14.9. The van der Waals surface area contributed by atoms with Gasteiger partial charge in [0.15, 0.2) is 0 Å². The molecule has 4 aromatic rings. The van der Waals surface area contributed by atoms with Crippen LogP contribution >= 0.6 is 0 Å². The maximum Gasteiger partial charge on any atom is 0.314 e. The van der Waals surface area contributed by atoms with E-state index in [0.29, 0.717) is 17.3 Å². The second kappa shape index (κ2) is 11.3. The van der Waals surface area contributed by atoms with Crippen molar-refractivity contribution in [1.82, 2.24) is 30.1 Å². The van der Waals surface area contributed by atoms with E-state index in [1.54, 1.807) is 18.3 Å². The number of nitrogens with zero attached hydrogens (tertiary/aromatic N) is 6. The van der Waals surface area contributed by atoms with Gasteiger partial charge in [0.05, 0.1) is 12.7 Å². The summed E-state index contributed by atoms with van der Waals surface area (Å²) < 4.78 is 61.1. The van der Waals surface area contributed by atoms with Gasteiger partial charge in [-0.15, -0.1) is 15.3 Å². The first-order valence-electron chi connectivity index (χ1n) is 12.5. The van der Waals surface area contributed by atoms with E-state index in [9.17, 15) is 17.6 Å². The fourth-order valence-corrected chi connectivity index (χ4v) is 4.59. The van der Waals surface area contributed by atoms with Crippen LogP contribution in [-0.4, -0.2) is 55.8 Å². The Morgan fingerprint density at radius 2 is 1.84 bits per heavy atom. The summed E-state index contributed by atoms with van der Waals surface area (Å²) in [4.78, 5) is 2.46. The van der Waals surface area contributed by atoms with Crippen molar-refractivity contribution < 1.29 is 22.0 Å². The molecule has 0 radical (unpaired) electrons. The molecule has 2 aromatic heterocycles. The summed E-state index contributed by atoms with van der Waals surface area (Å²) in [5.74, 6) is -2.08. The molecule has 0 spiro atoms. The molecule has 38 heavy (non-hydrogen) atoms. The zero-order valence-corrected chi connectivity index (χ0v) is 20.7. The van der Waals surface area contributed by atoms with Crippen LogP contribution in [0.2, 0.25) is 0 Å². The van der Waals surface area contributed by atoms with Crippen LogP contribution in [-0.2, 0) is 6.54 Å². The zero-order chi connectivity index (χ0) is 26.6. The van der Waals surface area contributed by atoms with Crippen LogP contribution in [0.3, 0.4) is 0 Å². The minimum absolute atomic E-state index is 0.0289. The van der Waals surface area contributed by atoms with Crippen molar-refractivity contribution in [3.8, 4) is 22.7 Å². The van der Waals surface area contributed by atoms with Gasteiger partial charge in [-0.25, -0.2) is 13.5 Å². The Morgan fingerprint density at radius 3 is 2.55 bits per heavy atom. The molecule has 12 heteroatoms. The molecule has 1 N–H and O–H groups in total. The van der Waals surface area contributed by atoms with E-state index >= 15 is 0 Å². The van der Waals surface area contributed by atoms with E-state index in [0.717, 1.165) is 50.7 Å². The van der Waals surface area contributed by atoms with Crippen LogP contribution < -0.4 is 5.32 Å². The lowest BCUT2D eigenvalue weighted by molar-refractivity contribution is 0.116. The fraction of sp³-hybridized carbons (Fsp3) is 0.385. The molecular weight excluding hydrogens is 502 g/mol. The summed E-state index contributed by atoms with van der Waals surface area (Å²) in [6, 6.07) is 9.23. The molecule has 1 saturated heterocycles. The largest absolute Gasteiger partial charge is 0.415 e. The minimum atomic E-state index is -2.91. The first-order chi connectivity index (χ1) is 18.4. The lowest BCUT2D eigenvalue weighted by atomic mass is 10.0. The van der Waals surface area contributed by atoms with Crippen LogP contribution in [0.5, 0.6) is 0 Å². The van der Waals surface area contributed by atoms with Crippen molar-refractivity contribution in [1.29, 1.82) is 0 Å². The van der Waals surface area contributed by atoms with Crippen molar-refractivity contribution in [3.63, 3.8) is 0 Å². The maximum atomic E-state index is 14.8. The average Bonchev–Trinajstić information content (AvgIpc) is 3.58. The SMILES string of the molecule is CCCN1CCC(Nc2ccc(F)c(-c3cn(Cc4ccc(-c5nnc(C(F)F)o5)cc4F)nn3)c2)CC1. The molecular formula is C26H27F4N7O. The van der Waals surface area contributed by atoms with Gasteiger partial charge in [0.2, 0.25) is 5.89 Å². The van der Waals surface area contributed by atoms with Crippen LogP contribution in [0.15, 0.2) is 47.0 Å². The standard InChI is InChI=1S/C26H27F4N7O/c1-2-9-36-10-7-18(8-11-36)31-19-5-6-21(27)20(13-19)23-15-37(35-32-23)14-17-4-3-16(12-22(17)28)25-33-34-26(38-25)24(29)30/h3-6,12-13,15,18,24,31H,2,7-11,14H2,1H3. The van der Waals surface area contributed by atoms with Crippen LogP contribution in [0.4, 0.5) is 23.2 Å². The van der Waals surface area contributed by atoms with Crippen molar-refractivity contribution in [2.75, 3.05) is 25.0 Å². The van der Waals surface area contributed by atoms with E-state index in [-0.39, 0.29) is 23.6 Å². The van der Waals surface area contributed by atoms with Gasteiger partial charge >= 0.3 is 6.43 Å². The topological polar surface area (TPSA) is 84.9 Å². The van der Waals surface area contributed by atoms with E-state index in [2.05, 4.69) is 37.6 Å². The number of rotatable bonds is 9. The van der Waals surface area contributed by atoms with Crippen molar-refractivity contribution in [2.45, 2.75) is 45.2 Å². The predicted octanol–water partition coefficient (Wildman–Crippen LogP) is 5.55. The highest BCUT2D eigenvalue weighted by molar-refractivity contribution is 5.65. The molecule has 0 amide bonds. The predicted molar refractivity (Wildman–Crippen MR) is 133 cm³/mol. The number of hydrogen-bond acceptors (Lipinski definition) is 7. The summed E-state index contributed by atoms with van der Waals surface area (Å²) in [6.45, 7) is 5.40. The van der Waals surface area contributed by atoms with Gasteiger partial charge in [0.25, 0.3) is 5.89 Å². The third-order valence-corrected chi connectivity index (χ3v) is 6.54. The first-order valence-corrected chi connectivity index (χ1v) is 12.5. The second-order valence-electron chi connectivity index (χ2n) is 9.31. The van der Waals surface area contributed by atoms with Gasteiger partial charge in [0.1, 0.15) is 17.3 Å². The van der Waals surface area contributed by atoms with E-state index in [1.807, 2.05) is 0 Å². The molecule has 1 aliphatic rings. The van der Waals surface area contributed by atoms with Crippen molar-refractivity contribution >= 4 is 5.69 Å².